The SMILES string of the molecule is O=C(Cn1nnn(-c2ccc(NS(=O)(=O)C=Cc3ccccc3)cc2)c1=O)NC1CC1. The summed E-state index contributed by atoms with van der Waals surface area (Å²) >= 11 is 0. The molecule has 1 fully saturated rings. The van der Waals surface area contributed by atoms with Crippen molar-refractivity contribution in [2.45, 2.75) is 25.4 Å². The van der Waals surface area contributed by atoms with Crippen LogP contribution in [0.4, 0.5) is 5.69 Å². The molecule has 0 atom stereocenters. The zero-order chi connectivity index (χ0) is 21.8. The van der Waals surface area contributed by atoms with Gasteiger partial charge in [-0.15, -0.1) is 0 Å². The van der Waals surface area contributed by atoms with Gasteiger partial charge in [-0.05, 0) is 59.2 Å². The van der Waals surface area contributed by atoms with Gasteiger partial charge in [0.05, 0.1) is 11.1 Å². The number of carbonyl (C=O) groups is 1. The van der Waals surface area contributed by atoms with E-state index >= 15 is 0 Å². The topological polar surface area (TPSA) is 128 Å². The molecule has 2 N–H and O–H groups in total. The zero-order valence-electron chi connectivity index (χ0n) is 16.4. The molecule has 2 aromatic carbocycles. The Balaban J connectivity index is 1.43. The molecule has 0 aliphatic heterocycles. The van der Waals surface area contributed by atoms with Gasteiger partial charge in [0.15, 0.2) is 0 Å². The van der Waals surface area contributed by atoms with Crippen molar-refractivity contribution in [3.05, 3.63) is 76.1 Å². The Labute approximate surface area is 178 Å². The summed E-state index contributed by atoms with van der Waals surface area (Å²) in [5, 5.41) is 11.4. The van der Waals surface area contributed by atoms with E-state index in [1.165, 1.54) is 30.3 Å². The van der Waals surface area contributed by atoms with Gasteiger partial charge < -0.3 is 5.32 Å². The van der Waals surface area contributed by atoms with Crippen molar-refractivity contribution in [2.24, 2.45) is 0 Å². The van der Waals surface area contributed by atoms with Crippen LogP contribution in [-0.4, -0.2) is 40.2 Å². The fourth-order valence-electron chi connectivity index (χ4n) is 2.77. The van der Waals surface area contributed by atoms with Crippen LogP contribution in [0.15, 0.2) is 64.8 Å². The molecule has 10 nitrogen and oxygen atoms in total. The van der Waals surface area contributed by atoms with Gasteiger partial charge in [-0.2, -0.15) is 9.36 Å². The highest BCUT2D eigenvalue weighted by Gasteiger charge is 2.24. The molecule has 1 saturated carbocycles. The van der Waals surface area contributed by atoms with Gasteiger partial charge in [-0.1, -0.05) is 30.3 Å². The van der Waals surface area contributed by atoms with E-state index in [1.54, 1.807) is 12.1 Å². The number of carbonyl (C=O) groups excluding carboxylic acids is 1. The van der Waals surface area contributed by atoms with Gasteiger partial charge in [0.2, 0.25) is 5.91 Å². The number of rotatable bonds is 8. The Morgan fingerprint density at radius 1 is 1.06 bits per heavy atom. The maximum Gasteiger partial charge on any atom is 0.368 e. The predicted molar refractivity (Wildman–Crippen MR) is 115 cm³/mol. The number of hydrogen-bond donors (Lipinski definition) is 2. The summed E-state index contributed by atoms with van der Waals surface area (Å²) in [4.78, 5) is 24.3. The highest BCUT2D eigenvalue weighted by Crippen LogP contribution is 2.18. The van der Waals surface area contributed by atoms with Crippen molar-refractivity contribution in [1.82, 2.24) is 25.1 Å². The van der Waals surface area contributed by atoms with Crippen molar-refractivity contribution in [1.29, 1.82) is 0 Å². The molecule has 0 saturated heterocycles. The van der Waals surface area contributed by atoms with Crippen LogP contribution in [0, 0.1) is 0 Å². The lowest BCUT2D eigenvalue weighted by Crippen LogP contribution is -2.34. The number of nitrogens with one attached hydrogen (secondary N) is 2. The maximum absolute atomic E-state index is 12.4. The van der Waals surface area contributed by atoms with Crippen molar-refractivity contribution >= 4 is 27.7 Å². The van der Waals surface area contributed by atoms with Crippen LogP contribution in [0.3, 0.4) is 0 Å². The number of aromatic nitrogens is 4. The monoisotopic (exact) mass is 440 g/mol. The summed E-state index contributed by atoms with van der Waals surface area (Å²) in [6, 6.07) is 15.3. The van der Waals surface area contributed by atoms with Gasteiger partial charge in [0.25, 0.3) is 10.0 Å². The third-order valence-corrected chi connectivity index (χ3v) is 5.50. The summed E-state index contributed by atoms with van der Waals surface area (Å²) in [6.07, 6.45) is 3.39. The minimum Gasteiger partial charge on any atom is -0.352 e. The molecule has 3 aromatic rings. The molecule has 1 aliphatic rings. The number of hydrogen-bond acceptors (Lipinski definition) is 6. The standard InChI is InChI=1S/C20H20N6O4S/c27-19(21-16-6-7-16)14-25-20(28)26(24-23-25)18-10-8-17(9-11-18)22-31(29,30)13-12-15-4-2-1-3-5-15/h1-5,8-13,16,22H,6-7,14H2,(H,21,27). The first-order chi connectivity index (χ1) is 14.9. The second-order valence-corrected chi connectivity index (χ2v) is 8.65. The number of benzene rings is 2. The summed E-state index contributed by atoms with van der Waals surface area (Å²) in [6.45, 7) is -0.207. The molecule has 1 aromatic heterocycles. The predicted octanol–water partition coefficient (Wildman–Crippen LogP) is 1.12. The highest BCUT2D eigenvalue weighted by molar-refractivity contribution is 7.95. The molecule has 31 heavy (non-hydrogen) atoms. The van der Waals surface area contributed by atoms with E-state index in [0.717, 1.165) is 33.2 Å². The first-order valence-electron chi connectivity index (χ1n) is 9.58. The molecule has 0 spiro atoms. The van der Waals surface area contributed by atoms with Crippen molar-refractivity contribution in [3.63, 3.8) is 0 Å². The molecule has 0 radical (unpaired) electrons. The van der Waals surface area contributed by atoms with Gasteiger partial charge in [-0.3, -0.25) is 9.52 Å². The molecule has 160 valence electrons. The van der Waals surface area contributed by atoms with E-state index in [1.807, 2.05) is 18.2 Å². The number of sulfonamides is 1. The van der Waals surface area contributed by atoms with Gasteiger partial charge in [-0.25, -0.2) is 13.2 Å². The second kappa shape index (κ2) is 8.56. The average molecular weight is 440 g/mol. The summed E-state index contributed by atoms with van der Waals surface area (Å²) in [7, 11) is -3.71. The summed E-state index contributed by atoms with van der Waals surface area (Å²) < 4.78 is 29.0. The lowest BCUT2D eigenvalue weighted by atomic mass is 10.2. The highest BCUT2D eigenvalue weighted by atomic mass is 32.2. The van der Waals surface area contributed by atoms with Crippen LogP contribution in [-0.2, 0) is 21.4 Å². The Morgan fingerprint density at radius 3 is 2.45 bits per heavy atom. The minimum atomic E-state index is -3.71. The Hall–Kier alpha value is -3.73. The molecule has 1 aliphatic carbocycles. The molecule has 11 heteroatoms. The van der Waals surface area contributed by atoms with E-state index in [9.17, 15) is 18.0 Å². The molecule has 4 rings (SSSR count). The van der Waals surface area contributed by atoms with E-state index in [0.29, 0.717) is 11.4 Å². The maximum atomic E-state index is 12.4. The third kappa shape index (κ3) is 5.45. The molecular formula is C20H20N6O4S. The van der Waals surface area contributed by atoms with Gasteiger partial charge >= 0.3 is 5.69 Å². The average Bonchev–Trinajstić information content (AvgIpc) is 3.50. The third-order valence-electron chi connectivity index (χ3n) is 4.49. The Bertz CT molecular complexity index is 1260. The van der Waals surface area contributed by atoms with E-state index in [-0.39, 0.29) is 18.5 Å². The van der Waals surface area contributed by atoms with Crippen LogP contribution >= 0.6 is 0 Å². The number of amides is 1. The second-order valence-electron chi connectivity index (χ2n) is 7.08. The van der Waals surface area contributed by atoms with Crippen molar-refractivity contribution in [2.75, 3.05) is 4.72 Å². The van der Waals surface area contributed by atoms with E-state index < -0.39 is 15.7 Å². The number of anilines is 1. The fourth-order valence-corrected chi connectivity index (χ4v) is 3.64. The van der Waals surface area contributed by atoms with Gasteiger partial charge in [0, 0.05) is 11.7 Å². The molecule has 0 bridgehead atoms. The number of nitrogens with zero attached hydrogens (tertiary/aromatic N) is 4. The largest absolute Gasteiger partial charge is 0.368 e. The molecular weight excluding hydrogens is 420 g/mol. The molecule has 1 amide bonds. The van der Waals surface area contributed by atoms with Crippen LogP contribution in [0.2, 0.25) is 0 Å². The first-order valence-corrected chi connectivity index (χ1v) is 11.1. The lowest BCUT2D eigenvalue weighted by Gasteiger charge is -2.05. The van der Waals surface area contributed by atoms with Crippen molar-refractivity contribution < 1.29 is 13.2 Å². The number of tetrazole rings is 1. The molecule has 1 heterocycles. The van der Waals surface area contributed by atoms with E-state index in [4.69, 9.17) is 0 Å². The summed E-state index contributed by atoms with van der Waals surface area (Å²) in [5.41, 5.74) is 0.911. The summed E-state index contributed by atoms with van der Waals surface area (Å²) in [5.74, 6) is -0.287. The smallest absolute Gasteiger partial charge is 0.352 e. The zero-order valence-corrected chi connectivity index (χ0v) is 17.2. The van der Waals surface area contributed by atoms with Crippen LogP contribution in [0.5, 0.6) is 0 Å². The van der Waals surface area contributed by atoms with Crippen LogP contribution in [0.1, 0.15) is 18.4 Å². The normalized spacial score (nSPS) is 13.9. The minimum absolute atomic E-state index is 0.192. The van der Waals surface area contributed by atoms with Crippen LogP contribution < -0.4 is 15.7 Å². The quantitative estimate of drug-likeness (QED) is 0.540. The van der Waals surface area contributed by atoms with E-state index in [2.05, 4.69) is 20.5 Å². The Morgan fingerprint density at radius 2 is 1.77 bits per heavy atom. The van der Waals surface area contributed by atoms with Gasteiger partial charge in [0.1, 0.15) is 6.54 Å². The van der Waals surface area contributed by atoms with Crippen molar-refractivity contribution in [3.8, 4) is 5.69 Å². The Kier molecular flexibility index (Phi) is 5.67. The first kappa shape index (κ1) is 20.5. The molecule has 0 unspecified atom stereocenters. The fraction of sp³-hybridized carbons (Fsp3) is 0.200. The van der Waals surface area contributed by atoms with Crippen LogP contribution in [0.25, 0.3) is 11.8 Å². The lowest BCUT2D eigenvalue weighted by molar-refractivity contribution is -0.122.